The molecule has 0 amide bonds. The molecule has 0 radical (unpaired) electrons. The summed E-state index contributed by atoms with van der Waals surface area (Å²) in [5, 5.41) is 0. The molecule has 1 aromatic carbocycles. The summed E-state index contributed by atoms with van der Waals surface area (Å²) < 4.78 is 17.7. The number of esters is 1. The first-order valence-electron chi connectivity index (χ1n) is 5.12. The van der Waals surface area contributed by atoms with E-state index in [9.17, 15) is 9.18 Å². The number of hydrogen-bond acceptors (Lipinski definition) is 2. The van der Waals surface area contributed by atoms with E-state index >= 15 is 0 Å². The quantitative estimate of drug-likeness (QED) is 0.565. The molecule has 3 heteroatoms. The molecule has 0 saturated carbocycles. The number of aryl methyl sites for hydroxylation is 1. The van der Waals surface area contributed by atoms with Gasteiger partial charge in [0.1, 0.15) is 12.4 Å². The van der Waals surface area contributed by atoms with E-state index in [1.54, 1.807) is 19.1 Å². The van der Waals surface area contributed by atoms with Crippen LogP contribution in [0.5, 0.6) is 0 Å². The number of ether oxygens (including phenoxy) is 1. The minimum atomic E-state index is -0.285. The van der Waals surface area contributed by atoms with Gasteiger partial charge in [-0.2, -0.15) is 0 Å². The zero-order valence-electron chi connectivity index (χ0n) is 9.33. The lowest BCUT2D eigenvalue weighted by atomic mass is 10.1. The maximum Gasteiger partial charge on any atom is 0.306 e. The highest BCUT2D eigenvalue weighted by Gasteiger charge is 2.04. The van der Waals surface area contributed by atoms with Crippen LogP contribution in [0.25, 0.3) is 0 Å². The number of carbonyl (C=O) groups is 1. The molecular formula is C13H15FO2. The van der Waals surface area contributed by atoms with E-state index in [1.807, 2.05) is 0 Å². The SMILES string of the molecule is C=C(C)COC(=O)CCc1cccc(F)c1. The molecule has 0 spiro atoms. The summed E-state index contributed by atoms with van der Waals surface area (Å²) in [5.41, 5.74) is 1.60. The van der Waals surface area contributed by atoms with Crippen LogP contribution >= 0.6 is 0 Å². The normalized spacial score (nSPS) is 9.88. The van der Waals surface area contributed by atoms with Crippen LogP contribution < -0.4 is 0 Å². The van der Waals surface area contributed by atoms with E-state index in [-0.39, 0.29) is 24.8 Å². The Balaban J connectivity index is 2.34. The number of hydrogen-bond donors (Lipinski definition) is 0. The highest BCUT2D eigenvalue weighted by molar-refractivity contribution is 5.69. The van der Waals surface area contributed by atoms with Gasteiger partial charge in [-0.3, -0.25) is 4.79 Å². The standard InChI is InChI=1S/C13H15FO2/c1-10(2)9-16-13(15)7-6-11-4-3-5-12(14)8-11/h3-5,8H,1,6-7,9H2,2H3. The number of benzene rings is 1. The summed E-state index contributed by atoms with van der Waals surface area (Å²) in [6.07, 6.45) is 0.753. The summed E-state index contributed by atoms with van der Waals surface area (Å²) in [7, 11) is 0. The van der Waals surface area contributed by atoms with Gasteiger partial charge in [0.15, 0.2) is 0 Å². The molecule has 2 nitrogen and oxygen atoms in total. The zero-order valence-corrected chi connectivity index (χ0v) is 9.33. The molecule has 0 N–H and O–H groups in total. The van der Waals surface area contributed by atoms with Gasteiger partial charge in [-0.25, -0.2) is 4.39 Å². The molecule has 1 aromatic rings. The van der Waals surface area contributed by atoms with Gasteiger partial charge < -0.3 is 4.74 Å². The monoisotopic (exact) mass is 222 g/mol. The van der Waals surface area contributed by atoms with Crippen LogP contribution in [0.2, 0.25) is 0 Å². The molecule has 1 rings (SSSR count). The Bertz CT molecular complexity index is 385. The second kappa shape index (κ2) is 6.05. The molecule has 0 atom stereocenters. The lowest BCUT2D eigenvalue weighted by molar-refractivity contribution is -0.142. The fourth-order valence-electron chi connectivity index (χ4n) is 1.21. The van der Waals surface area contributed by atoms with E-state index in [0.29, 0.717) is 6.42 Å². The van der Waals surface area contributed by atoms with Crippen molar-refractivity contribution in [3.63, 3.8) is 0 Å². The van der Waals surface area contributed by atoms with Gasteiger partial charge in [0.05, 0.1) is 0 Å². The van der Waals surface area contributed by atoms with Crippen molar-refractivity contribution in [1.29, 1.82) is 0 Å². The first-order chi connectivity index (χ1) is 7.58. The summed E-state index contributed by atoms with van der Waals surface area (Å²) in [5.74, 6) is -0.569. The van der Waals surface area contributed by atoms with E-state index in [0.717, 1.165) is 11.1 Å². The highest BCUT2D eigenvalue weighted by Crippen LogP contribution is 2.06. The van der Waals surface area contributed by atoms with Crippen LogP contribution in [0, 0.1) is 5.82 Å². The maximum absolute atomic E-state index is 12.8. The molecule has 0 unspecified atom stereocenters. The van der Waals surface area contributed by atoms with Crippen LogP contribution in [-0.4, -0.2) is 12.6 Å². The first kappa shape index (κ1) is 12.4. The predicted molar refractivity (Wildman–Crippen MR) is 60.5 cm³/mol. The zero-order chi connectivity index (χ0) is 12.0. The smallest absolute Gasteiger partial charge is 0.306 e. The lowest BCUT2D eigenvalue weighted by Crippen LogP contribution is -2.07. The van der Waals surface area contributed by atoms with Crippen molar-refractivity contribution in [2.75, 3.05) is 6.61 Å². The van der Waals surface area contributed by atoms with Crippen molar-refractivity contribution in [3.8, 4) is 0 Å². The molecule has 0 aromatic heterocycles. The van der Waals surface area contributed by atoms with Crippen molar-refractivity contribution in [2.24, 2.45) is 0 Å². The molecule has 0 aliphatic rings. The lowest BCUT2D eigenvalue weighted by Gasteiger charge is -2.04. The van der Waals surface area contributed by atoms with Gasteiger partial charge in [-0.05, 0) is 36.6 Å². The van der Waals surface area contributed by atoms with Gasteiger partial charge in [-0.1, -0.05) is 18.7 Å². The summed E-state index contributed by atoms with van der Waals surface area (Å²) in [6, 6.07) is 6.22. The number of halogens is 1. The van der Waals surface area contributed by atoms with Crippen molar-refractivity contribution in [2.45, 2.75) is 19.8 Å². The van der Waals surface area contributed by atoms with Crippen LogP contribution in [-0.2, 0) is 16.0 Å². The van der Waals surface area contributed by atoms with E-state index in [4.69, 9.17) is 4.74 Å². The average Bonchev–Trinajstić information content (AvgIpc) is 2.23. The third kappa shape index (κ3) is 4.73. The molecule has 0 heterocycles. The molecule has 16 heavy (non-hydrogen) atoms. The Morgan fingerprint density at radius 3 is 2.88 bits per heavy atom. The number of carbonyl (C=O) groups excluding carboxylic acids is 1. The highest BCUT2D eigenvalue weighted by atomic mass is 19.1. The third-order valence-corrected chi connectivity index (χ3v) is 1.99. The van der Waals surface area contributed by atoms with Crippen molar-refractivity contribution in [1.82, 2.24) is 0 Å². The Morgan fingerprint density at radius 1 is 1.50 bits per heavy atom. The first-order valence-corrected chi connectivity index (χ1v) is 5.12. The van der Waals surface area contributed by atoms with Gasteiger partial charge in [-0.15, -0.1) is 0 Å². The van der Waals surface area contributed by atoms with Gasteiger partial charge in [0.2, 0.25) is 0 Å². The average molecular weight is 222 g/mol. The second-order valence-electron chi connectivity index (χ2n) is 3.75. The maximum atomic E-state index is 12.8. The fraction of sp³-hybridized carbons (Fsp3) is 0.308. The van der Waals surface area contributed by atoms with Crippen LogP contribution in [0.3, 0.4) is 0 Å². The molecule has 0 bridgehead atoms. The van der Waals surface area contributed by atoms with Crippen molar-refractivity contribution >= 4 is 5.97 Å². The van der Waals surface area contributed by atoms with Crippen LogP contribution in [0.15, 0.2) is 36.4 Å². The molecule has 86 valence electrons. The number of rotatable bonds is 5. The van der Waals surface area contributed by atoms with Gasteiger partial charge in [0, 0.05) is 6.42 Å². The van der Waals surface area contributed by atoms with E-state index in [1.165, 1.54) is 12.1 Å². The van der Waals surface area contributed by atoms with Crippen LogP contribution in [0.4, 0.5) is 4.39 Å². The minimum absolute atomic E-state index is 0.252. The Kier molecular flexibility index (Phi) is 4.70. The van der Waals surface area contributed by atoms with E-state index in [2.05, 4.69) is 6.58 Å². The topological polar surface area (TPSA) is 26.3 Å². The van der Waals surface area contributed by atoms with Crippen molar-refractivity contribution in [3.05, 3.63) is 47.8 Å². The predicted octanol–water partition coefficient (Wildman–Crippen LogP) is 2.88. The van der Waals surface area contributed by atoms with E-state index < -0.39 is 0 Å². The Morgan fingerprint density at radius 2 is 2.25 bits per heavy atom. The molecular weight excluding hydrogens is 207 g/mol. The molecule has 0 aliphatic carbocycles. The van der Waals surface area contributed by atoms with Crippen molar-refractivity contribution < 1.29 is 13.9 Å². The summed E-state index contributed by atoms with van der Waals surface area (Å²) in [4.78, 5) is 11.2. The van der Waals surface area contributed by atoms with Gasteiger partial charge in [0.25, 0.3) is 0 Å². The molecule has 0 saturated heterocycles. The van der Waals surface area contributed by atoms with Crippen LogP contribution in [0.1, 0.15) is 18.9 Å². The fourth-order valence-corrected chi connectivity index (χ4v) is 1.21. The summed E-state index contributed by atoms with van der Waals surface area (Å²) in [6.45, 7) is 5.67. The second-order valence-corrected chi connectivity index (χ2v) is 3.75. The largest absolute Gasteiger partial charge is 0.461 e. The Hall–Kier alpha value is -1.64. The molecule has 0 fully saturated rings. The Labute approximate surface area is 94.7 Å². The minimum Gasteiger partial charge on any atom is -0.461 e. The molecule has 0 aliphatic heterocycles. The summed E-state index contributed by atoms with van der Waals surface area (Å²) >= 11 is 0. The van der Waals surface area contributed by atoms with Gasteiger partial charge >= 0.3 is 5.97 Å². The third-order valence-electron chi connectivity index (χ3n) is 1.99.